The van der Waals surface area contributed by atoms with Gasteiger partial charge in [0, 0.05) is 73.7 Å². The van der Waals surface area contributed by atoms with Crippen LogP contribution in [0, 0.1) is 23.3 Å². The zero-order valence-corrected chi connectivity index (χ0v) is 26.0. The number of hydrogen-bond donors (Lipinski definition) is 0. The predicted octanol–water partition coefficient (Wildman–Crippen LogP) is 4.72. The van der Waals surface area contributed by atoms with E-state index in [2.05, 4.69) is 9.88 Å². The summed E-state index contributed by atoms with van der Waals surface area (Å²) >= 11 is 0. The maximum absolute atomic E-state index is 14.5. The van der Waals surface area contributed by atoms with Crippen LogP contribution >= 0.6 is 0 Å². The Morgan fingerprint density at radius 1 is 0.796 bits per heavy atom. The van der Waals surface area contributed by atoms with Gasteiger partial charge in [-0.1, -0.05) is 18.2 Å². The molecule has 3 heterocycles. The van der Waals surface area contributed by atoms with Crippen molar-refractivity contribution in [3.63, 3.8) is 0 Å². The number of rotatable bonds is 10. The van der Waals surface area contributed by atoms with Crippen LogP contribution in [0.5, 0.6) is 0 Å². The zero-order chi connectivity index (χ0) is 34.7. The largest absolute Gasteiger partial charge is 0.368 e. The molecular formula is C36H29F4N5O4. The smallest absolute Gasteiger partial charge is 0.290 e. The summed E-state index contributed by atoms with van der Waals surface area (Å²) in [5.74, 6) is -7.32. The zero-order valence-electron chi connectivity index (χ0n) is 26.0. The van der Waals surface area contributed by atoms with Gasteiger partial charge in [-0.3, -0.25) is 19.2 Å². The summed E-state index contributed by atoms with van der Waals surface area (Å²) in [4.78, 5) is 60.4. The highest BCUT2D eigenvalue weighted by Gasteiger charge is 2.29. The van der Waals surface area contributed by atoms with E-state index in [1.165, 1.54) is 29.3 Å². The Bertz CT molecular complexity index is 2090. The van der Waals surface area contributed by atoms with E-state index < -0.39 is 70.3 Å². The summed E-state index contributed by atoms with van der Waals surface area (Å²) in [5, 5.41) is 0. The molecule has 0 N–H and O–H groups in total. The van der Waals surface area contributed by atoms with Crippen LogP contribution in [0.15, 0.2) is 96.4 Å². The van der Waals surface area contributed by atoms with E-state index in [0.29, 0.717) is 19.2 Å². The number of imidazole rings is 1. The number of halogens is 4. The average molecular weight is 672 g/mol. The quantitative estimate of drug-likeness (QED) is 0.0702. The van der Waals surface area contributed by atoms with Gasteiger partial charge in [0.1, 0.15) is 11.6 Å². The Morgan fingerprint density at radius 2 is 1.49 bits per heavy atom. The Balaban J connectivity index is 1.17. The minimum absolute atomic E-state index is 0.0237. The fourth-order valence-electron chi connectivity index (χ4n) is 5.77. The van der Waals surface area contributed by atoms with Crippen molar-refractivity contribution in [2.24, 2.45) is 0 Å². The number of nitrogens with zero attached hydrogens (tertiary/aromatic N) is 5. The van der Waals surface area contributed by atoms with Gasteiger partial charge in [0.05, 0.1) is 24.9 Å². The highest BCUT2D eigenvalue weighted by Crippen LogP contribution is 2.22. The minimum atomic E-state index is -1.44. The standard InChI is InChI=1S/C36H29F4N5O4/c37-29-4-2-1-3-24(29)21-45-20-23(17-27-30(38)9-10-31(39)34(27)40)18-28(35(45)48)32(46)19-33(47)36(49)43-15-13-42(14-16-43)25-5-7-26(8-6-25)44-12-11-41-22-44/h1-12,18,20,22H,13-17,19,21H2. The van der Waals surface area contributed by atoms with Gasteiger partial charge in [0.2, 0.25) is 5.78 Å². The lowest BCUT2D eigenvalue weighted by atomic mass is 10.00. The molecule has 2 aromatic heterocycles. The third kappa shape index (κ3) is 7.20. The maximum atomic E-state index is 14.5. The third-order valence-electron chi connectivity index (χ3n) is 8.41. The molecule has 1 aliphatic heterocycles. The molecule has 5 aromatic rings. The molecular weight excluding hydrogens is 642 g/mol. The topological polar surface area (TPSA) is 97.5 Å². The molecule has 49 heavy (non-hydrogen) atoms. The number of carbonyl (C=O) groups excluding carboxylic acids is 3. The number of Topliss-reactive ketones (excluding diaryl/α,β-unsaturated/α-hetero) is 2. The van der Waals surface area contributed by atoms with Crippen molar-refractivity contribution in [1.29, 1.82) is 0 Å². The molecule has 0 saturated carbocycles. The SMILES string of the molecule is O=C(CC(=O)c1cc(Cc2c(F)ccc(F)c2F)cn(Cc2ccccc2F)c1=O)C(=O)N1CCN(c2ccc(-n3ccnc3)cc2)CC1. The molecule has 1 saturated heterocycles. The van der Waals surface area contributed by atoms with Crippen molar-refractivity contribution in [3.05, 3.63) is 148 Å². The van der Waals surface area contributed by atoms with Crippen molar-refractivity contribution in [1.82, 2.24) is 19.0 Å². The van der Waals surface area contributed by atoms with Crippen LogP contribution in [0.4, 0.5) is 23.2 Å². The van der Waals surface area contributed by atoms with Gasteiger partial charge in [0.15, 0.2) is 17.4 Å². The lowest BCUT2D eigenvalue weighted by Crippen LogP contribution is -2.51. The van der Waals surface area contributed by atoms with Crippen LogP contribution in [0.25, 0.3) is 5.69 Å². The Morgan fingerprint density at radius 3 is 2.18 bits per heavy atom. The Hall–Kier alpha value is -5.85. The van der Waals surface area contributed by atoms with Gasteiger partial charge in [0.25, 0.3) is 11.5 Å². The lowest BCUT2D eigenvalue weighted by molar-refractivity contribution is -0.144. The molecule has 0 bridgehead atoms. The molecule has 3 aromatic carbocycles. The monoisotopic (exact) mass is 671 g/mol. The van der Waals surface area contributed by atoms with E-state index in [0.717, 1.165) is 28.1 Å². The van der Waals surface area contributed by atoms with E-state index in [4.69, 9.17) is 0 Å². The van der Waals surface area contributed by atoms with E-state index in [9.17, 15) is 36.7 Å². The van der Waals surface area contributed by atoms with Gasteiger partial charge in [-0.25, -0.2) is 22.5 Å². The minimum Gasteiger partial charge on any atom is -0.368 e. The van der Waals surface area contributed by atoms with Crippen LogP contribution in [0.1, 0.15) is 33.5 Å². The van der Waals surface area contributed by atoms with Crippen LogP contribution < -0.4 is 10.5 Å². The molecule has 13 heteroatoms. The summed E-state index contributed by atoms with van der Waals surface area (Å²) in [6.45, 7) is 0.966. The first-order chi connectivity index (χ1) is 23.6. The van der Waals surface area contributed by atoms with E-state index >= 15 is 0 Å². The predicted molar refractivity (Wildman–Crippen MR) is 172 cm³/mol. The van der Waals surface area contributed by atoms with Crippen molar-refractivity contribution < 1.29 is 31.9 Å². The molecule has 6 rings (SSSR count). The normalized spacial score (nSPS) is 13.1. The van der Waals surface area contributed by atoms with Gasteiger partial charge in [-0.15, -0.1) is 0 Å². The number of pyridine rings is 1. The number of anilines is 1. The number of aromatic nitrogens is 3. The van der Waals surface area contributed by atoms with E-state index in [1.54, 1.807) is 18.6 Å². The lowest BCUT2D eigenvalue weighted by Gasteiger charge is -2.35. The summed E-state index contributed by atoms with van der Waals surface area (Å²) in [6, 6.07) is 15.8. The molecule has 1 amide bonds. The van der Waals surface area contributed by atoms with Crippen LogP contribution in [0.2, 0.25) is 0 Å². The van der Waals surface area contributed by atoms with Crippen LogP contribution in [-0.4, -0.2) is 62.7 Å². The fraction of sp³-hybridized carbons (Fsp3) is 0.194. The second-order valence-electron chi connectivity index (χ2n) is 11.6. The molecule has 250 valence electrons. The van der Waals surface area contributed by atoms with Gasteiger partial charge in [-0.2, -0.15) is 0 Å². The van der Waals surface area contributed by atoms with Crippen LogP contribution in [-0.2, 0) is 22.6 Å². The number of ketones is 2. The van der Waals surface area contributed by atoms with Crippen molar-refractivity contribution >= 4 is 23.2 Å². The first kappa shape index (κ1) is 33.1. The van der Waals surface area contributed by atoms with Gasteiger partial charge < -0.3 is 18.9 Å². The van der Waals surface area contributed by atoms with Gasteiger partial charge >= 0.3 is 0 Å². The number of carbonyl (C=O) groups is 3. The number of amides is 1. The molecule has 9 nitrogen and oxygen atoms in total. The number of piperazine rings is 1. The maximum Gasteiger partial charge on any atom is 0.290 e. The molecule has 0 atom stereocenters. The van der Waals surface area contributed by atoms with E-state index in [-0.39, 0.29) is 30.8 Å². The first-order valence-corrected chi connectivity index (χ1v) is 15.4. The van der Waals surface area contributed by atoms with Crippen molar-refractivity contribution in [2.45, 2.75) is 19.4 Å². The van der Waals surface area contributed by atoms with Crippen molar-refractivity contribution in [2.75, 3.05) is 31.1 Å². The second kappa shape index (κ2) is 14.1. The van der Waals surface area contributed by atoms with Crippen molar-refractivity contribution in [3.8, 4) is 5.69 Å². The third-order valence-corrected chi connectivity index (χ3v) is 8.41. The Labute approximate surface area is 277 Å². The number of hydrogen-bond acceptors (Lipinski definition) is 6. The molecule has 0 aliphatic carbocycles. The highest BCUT2D eigenvalue weighted by molar-refractivity contribution is 6.40. The second-order valence-corrected chi connectivity index (χ2v) is 11.6. The fourth-order valence-corrected chi connectivity index (χ4v) is 5.77. The van der Waals surface area contributed by atoms with E-state index in [1.807, 2.05) is 35.0 Å². The number of benzene rings is 3. The molecule has 0 spiro atoms. The van der Waals surface area contributed by atoms with Crippen LogP contribution in [0.3, 0.4) is 0 Å². The average Bonchev–Trinajstić information content (AvgIpc) is 3.66. The summed E-state index contributed by atoms with van der Waals surface area (Å²) in [5.41, 5.74) is -0.0982. The van der Waals surface area contributed by atoms with Gasteiger partial charge in [-0.05, 0) is 54.1 Å². The Kier molecular flexibility index (Phi) is 9.51. The molecule has 1 aliphatic rings. The highest BCUT2D eigenvalue weighted by atomic mass is 19.2. The summed E-state index contributed by atoms with van der Waals surface area (Å²) in [6.07, 6.45) is 4.89. The summed E-state index contributed by atoms with van der Waals surface area (Å²) in [7, 11) is 0. The molecule has 1 fully saturated rings. The molecule has 0 unspecified atom stereocenters. The first-order valence-electron chi connectivity index (χ1n) is 15.4. The summed E-state index contributed by atoms with van der Waals surface area (Å²) < 4.78 is 60.3. The molecule has 0 radical (unpaired) electrons.